The molecular weight excluding hydrogens is 270 g/mol. The predicted octanol–water partition coefficient (Wildman–Crippen LogP) is 0.262. The molecule has 2 aliphatic rings. The number of carbonyl (C=O) groups excluding carboxylic acids is 2. The third-order valence-electron chi connectivity index (χ3n) is 3.30. The minimum atomic E-state index is -1.17. The van der Waals surface area contributed by atoms with Crippen LogP contribution in [-0.4, -0.2) is 36.6 Å². The largest absolute Gasteiger partial charge is 0.378 e. The van der Waals surface area contributed by atoms with Gasteiger partial charge in [-0.3, -0.25) is 9.59 Å². The quantitative estimate of drug-likeness (QED) is 0.690. The molecule has 0 saturated carbocycles. The van der Waals surface area contributed by atoms with E-state index >= 15 is 0 Å². The Hall–Kier alpha value is -1.79. The minimum absolute atomic E-state index is 0.0631. The number of fused-ring (bicyclic) bond motifs is 1. The number of nitrogens with one attached hydrogen (secondary N) is 2. The van der Waals surface area contributed by atoms with Crippen LogP contribution in [0.15, 0.2) is 12.1 Å². The van der Waals surface area contributed by atoms with Crippen molar-refractivity contribution in [3.8, 4) is 0 Å². The Balaban J connectivity index is 1.98. The molecular formula is C12H12ClN3O3. The number of halogens is 1. The third-order valence-corrected chi connectivity index (χ3v) is 3.60. The molecule has 2 heterocycles. The summed E-state index contributed by atoms with van der Waals surface area (Å²) in [6.07, 6.45) is -1.17. The molecule has 2 amide bonds. The number of hydrogen-bond acceptors (Lipinski definition) is 4. The van der Waals surface area contributed by atoms with Crippen molar-refractivity contribution in [1.29, 1.82) is 0 Å². The van der Waals surface area contributed by atoms with Crippen molar-refractivity contribution in [3.05, 3.63) is 22.7 Å². The summed E-state index contributed by atoms with van der Waals surface area (Å²) in [5.74, 6) is -0.522. The maximum absolute atomic E-state index is 11.4. The Kier molecular flexibility index (Phi) is 2.83. The number of carbonyl (C=O) groups is 2. The van der Waals surface area contributed by atoms with Crippen LogP contribution in [0.2, 0.25) is 5.02 Å². The summed E-state index contributed by atoms with van der Waals surface area (Å²) in [6, 6.07) is 3.27. The van der Waals surface area contributed by atoms with E-state index in [1.165, 1.54) is 0 Å². The van der Waals surface area contributed by atoms with E-state index in [0.29, 0.717) is 35.1 Å². The Morgan fingerprint density at radius 2 is 2.16 bits per heavy atom. The highest BCUT2D eigenvalue weighted by Crippen LogP contribution is 2.38. The number of benzene rings is 1. The molecule has 1 saturated heterocycles. The molecule has 1 fully saturated rings. The third kappa shape index (κ3) is 2.02. The van der Waals surface area contributed by atoms with Crippen molar-refractivity contribution in [2.45, 2.75) is 6.10 Å². The van der Waals surface area contributed by atoms with E-state index < -0.39 is 12.0 Å². The van der Waals surface area contributed by atoms with Gasteiger partial charge in [-0.05, 0) is 12.1 Å². The second-order valence-electron chi connectivity index (χ2n) is 4.55. The maximum atomic E-state index is 11.4. The number of nitrogens with zero attached hydrogens (tertiary/aromatic N) is 1. The first-order valence-electron chi connectivity index (χ1n) is 5.90. The van der Waals surface area contributed by atoms with Crippen molar-refractivity contribution in [2.24, 2.45) is 0 Å². The van der Waals surface area contributed by atoms with Crippen LogP contribution in [0.1, 0.15) is 11.7 Å². The fraction of sp³-hybridized carbons (Fsp3) is 0.333. The maximum Gasteiger partial charge on any atom is 0.257 e. The van der Waals surface area contributed by atoms with Gasteiger partial charge >= 0.3 is 0 Å². The molecule has 0 spiro atoms. The lowest BCUT2D eigenvalue weighted by molar-refractivity contribution is -0.123. The zero-order valence-corrected chi connectivity index (χ0v) is 10.7. The van der Waals surface area contributed by atoms with Crippen LogP contribution in [0.25, 0.3) is 0 Å². The highest BCUT2D eigenvalue weighted by Gasteiger charge is 2.30. The van der Waals surface area contributed by atoms with Crippen molar-refractivity contribution in [1.82, 2.24) is 5.32 Å². The SMILES string of the molecule is O=C1CN(c2cc3c(cc2Cl)C(O)C(=O)N3)CCN1. The van der Waals surface area contributed by atoms with E-state index in [-0.39, 0.29) is 12.5 Å². The first-order chi connectivity index (χ1) is 9.06. The van der Waals surface area contributed by atoms with Gasteiger partial charge in [0, 0.05) is 24.3 Å². The number of rotatable bonds is 1. The lowest BCUT2D eigenvalue weighted by atomic mass is 10.1. The van der Waals surface area contributed by atoms with Crippen LogP contribution in [0, 0.1) is 0 Å². The van der Waals surface area contributed by atoms with Gasteiger partial charge in [0.1, 0.15) is 0 Å². The van der Waals surface area contributed by atoms with E-state index in [1.807, 2.05) is 4.90 Å². The molecule has 19 heavy (non-hydrogen) atoms. The molecule has 3 rings (SSSR count). The Bertz CT molecular complexity index is 576. The molecule has 100 valence electrons. The average Bonchev–Trinajstić information content (AvgIpc) is 2.65. The molecule has 7 heteroatoms. The Morgan fingerprint density at radius 1 is 1.37 bits per heavy atom. The van der Waals surface area contributed by atoms with Crippen LogP contribution in [0.3, 0.4) is 0 Å². The van der Waals surface area contributed by atoms with Gasteiger partial charge in [-0.15, -0.1) is 0 Å². The molecule has 1 unspecified atom stereocenters. The smallest absolute Gasteiger partial charge is 0.257 e. The molecule has 0 bridgehead atoms. The first-order valence-corrected chi connectivity index (χ1v) is 6.28. The van der Waals surface area contributed by atoms with Crippen molar-refractivity contribution in [3.63, 3.8) is 0 Å². The molecule has 1 aromatic carbocycles. The van der Waals surface area contributed by atoms with E-state index in [1.54, 1.807) is 12.1 Å². The zero-order valence-electron chi connectivity index (χ0n) is 9.94. The molecule has 0 aromatic heterocycles. The van der Waals surface area contributed by atoms with Gasteiger partial charge in [-0.2, -0.15) is 0 Å². The van der Waals surface area contributed by atoms with Gasteiger partial charge in [-0.25, -0.2) is 0 Å². The summed E-state index contributed by atoms with van der Waals surface area (Å²) in [5, 5.41) is 15.4. The molecule has 0 aliphatic carbocycles. The van der Waals surface area contributed by atoms with Crippen molar-refractivity contribution in [2.75, 3.05) is 29.9 Å². The molecule has 2 aliphatic heterocycles. The first kappa shape index (κ1) is 12.3. The summed E-state index contributed by atoms with van der Waals surface area (Å²) in [5.41, 5.74) is 1.70. The standard InChI is InChI=1S/C12H12ClN3O3/c13-7-3-6-8(15-12(19)11(6)18)4-9(7)16-2-1-14-10(17)5-16/h3-4,11,18H,1-2,5H2,(H,14,17)(H,15,19). The van der Waals surface area contributed by atoms with E-state index in [2.05, 4.69) is 10.6 Å². The second kappa shape index (κ2) is 4.40. The highest BCUT2D eigenvalue weighted by molar-refractivity contribution is 6.33. The highest BCUT2D eigenvalue weighted by atomic mass is 35.5. The average molecular weight is 282 g/mol. The number of aliphatic hydroxyl groups excluding tert-OH is 1. The van der Waals surface area contributed by atoms with Gasteiger partial charge < -0.3 is 20.6 Å². The van der Waals surface area contributed by atoms with E-state index in [4.69, 9.17) is 11.6 Å². The molecule has 6 nitrogen and oxygen atoms in total. The molecule has 3 N–H and O–H groups in total. The number of piperazine rings is 1. The summed E-state index contributed by atoms with van der Waals surface area (Å²) >= 11 is 6.18. The lowest BCUT2D eigenvalue weighted by Crippen LogP contribution is -2.47. The van der Waals surface area contributed by atoms with Crippen LogP contribution >= 0.6 is 11.6 Å². The topological polar surface area (TPSA) is 81.7 Å². The molecule has 1 aromatic rings. The fourth-order valence-corrected chi connectivity index (χ4v) is 2.63. The number of anilines is 2. The number of hydrogen-bond donors (Lipinski definition) is 3. The van der Waals surface area contributed by atoms with Crippen LogP contribution in [0.5, 0.6) is 0 Å². The summed E-state index contributed by atoms with van der Waals surface area (Å²) < 4.78 is 0. The molecule has 0 radical (unpaired) electrons. The van der Waals surface area contributed by atoms with Gasteiger partial charge in [0.2, 0.25) is 5.91 Å². The summed E-state index contributed by atoms with van der Waals surface area (Å²) in [7, 11) is 0. The van der Waals surface area contributed by atoms with Crippen molar-refractivity contribution >= 4 is 34.8 Å². The lowest BCUT2D eigenvalue weighted by Gasteiger charge is -2.29. The summed E-state index contributed by atoms with van der Waals surface area (Å²) in [4.78, 5) is 24.6. The zero-order chi connectivity index (χ0) is 13.6. The Labute approximate surface area is 114 Å². The van der Waals surface area contributed by atoms with Gasteiger partial charge in [-0.1, -0.05) is 11.6 Å². The minimum Gasteiger partial charge on any atom is -0.378 e. The van der Waals surface area contributed by atoms with Crippen molar-refractivity contribution < 1.29 is 14.7 Å². The fourth-order valence-electron chi connectivity index (χ4n) is 2.34. The monoisotopic (exact) mass is 281 g/mol. The van der Waals surface area contributed by atoms with Gasteiger partial charge in [0.25, 0.3) is 5.91 Å². The second-order valence-corrected chi connectivity index (χ2v) is 4.96. The van der Waals surface area contributed by atoms with Crippen LogP contribution in [0.4, 0.5) is 11.4 Å². The van der Waals surface area contributed by atoms with Gasteiger partial charge in [0.15, 0.2) is 6.10 Å². The summed E-state index contributed by atoms with van der Waals surface area (Å²) in [6.45, 7) is 1.44. The van der Waals surface area contributed by atoms with Crippen LogP contribution < -0.4 is 15.5 Å². The predicted molar refractivity (Wildman–Crippen MR) is 70.3 cm³/mol. The number of aliphatic hydroxyl groups is 1. The van der Waals surface area contributed by atoms with E-state index in [0.717, 1.165) is 0 Å². The van der Waals surface area contributed by atoms with Gasteiger partial charge in [0.05, 0.1) is 17.3 Å². The number of amides is 2. The Morgan fingerprint density at radius 3 is 2.89 bits per heavy atom. The van der Waals surface area contributed by atoms with Crippen LogP contribution in [-0.2, 0) is 9.59 Å². The normalized spacial score (nSPS) is 22.0. The molecule has 1 atom stereocenters. The van der Waals surface area contributed by atoms with E-state index in [9.17, 15) is 14.7 Å².